The molecule has 0 amide bonds. The maximum absolute atomic E-state index is 8.56. The molecule has 0 atom stereocenters. The average Bonchev–Trinajstić information content (AvgIpc) is 2.09. The third kappa shape index (κ3) is 783. The van der Waals surface area contributed by atoms with Gasteiger partial charge in [-0.2, -0.15) is 0 Å². The first-order chi connectivity index (χ1) is 6.88. The highest BCUT2D eigenvalue weighted by atomic mass is 16.6. The van der Waals surface area contributed by atoms with Gasteiger partial charge in [-0.25, -0.2) is 9.59 Å². The van der Waals surface area contributed by atoms with E-state index < -0.39 is 12.3 Å². The van der Waals surface area contributed by atoms with Crippen LogP contribution in [0.15, 0.2) is 0 Å². The molecule has 0 unspecified atom stereocenters. The molecule has 0 saturated carbocycles. The Bertz CT molecular complexity index is 83.5. The van der Waals surface area contributed by atoms with Gasteiger partial charge in [0.05, 0.1) is 0 Å². The van der Waals surface area contributed by atoms with Gasteiger partial charge in [-0.05, 0) is 0 Å². The molecule has 0 bridgehead atoms. The normalized spacial score (nSPS) is 4.88. The zero-order valence-corrected chi connectivity index (χ0v) is 10.3. The van der Waals surface area contributed by atoms with Crippen LogP contribution < -0.4 is 0 Å². The second-order valence-electron chi connectivity index (χ2n) is 1.27. The molecule has 0 rings (SSSR count). The Kier molecular flexibility index (Phi) is 158. The topological polar surface area (TPSA) is 115 Å². The Hall–Kier alpha value is -1.46. The SMILES string of the molecule is C.CC.CC.CCC.O=C(O)O.O=C(O)O. The lowest BCUT2D eigenvalue weighted by Gasteiger charge is -1.60. The van der Waals surface area contributed by atoms with Crippen molar-refractivity contribution < 1.29 is 30.0 Å². The number of hydrogen-bond donors (Lipinski definition) is 4. The molecule has 6 heteroatoms. The highest BCUT2D eigenvalue weighted by Gasteiger charge is 1.70. The van der Waals surface area contributed by atoms with Crippen LogP contribution in [0, 0.1) is 0 Å². The van der Waals surface area contributed by atoms with Crippen LogP contribution in [0.25, 0.3) is 0 Å². The lowest BCUT2D eigenvalue weighted by atomic mass is 10.6. The van der Waals surface area contributed by atoms with E-state index >= 15 is 0 Å². The Labute approximate surface area is 98.6 Å². The van der Waals surface area contributed by atoms with Gasteiger partial charge in [0.25, 0.3) is 0 Å². The third-order valence-electron chi connectivity index (χ3n) is 0. The second kappa shape index (κ2) is 69.4. The van der Waals surface area contributed by atoms with E-state index in [1.54, 1.807) is 0 Å². The molecule has 0 aliphatic rings. The molecule has 0 fully saturated rings. The van der Waals surface area contributed by atoms with E-state index in [0.29, 0.717) is 0 Å². The summed E-state index contributed by atoms with van der Waals surface area (Å²) in [7, 11) is 0. The number of hydrogen-bond acceptors (Lipinski definition) is 2. The summed E-state index contributed by atoms with van der Waals surface area (Å²) in [5.74, 6) is 0. The van der Waals surface area contributed by atoms with E-state index in [9.17, 15) is 0 Å². The van der Waals surface area contributed by atoms with E-state index in [-0.39, 0.29) is 7.43 Å². The van der Waals surface area contributed by atoms with E-state index in [4.69, 9.17) is 30.0 Å². The van der Waals surface area contributed by atoms with Crippen LogP contribution in [0.2, 0.25) is 0 Å². The van der Waals surface area contributed by atoms with Crippen molar-refractivity contribution in [3.63, 3.8) is 0 Å². The van der Waals surface area contributed by atoms with Gasteiger partial charge in [-0.3, -0.25) is 0 Å². The minimum atomic E-state index is -1.83. The van der Waals surface area contributed by atoms with Gasteiger partial charge in [-0.15, -0.1) is 0 Å². The monoisotopic (exact) mass is 244 g/mol. The van der Waals surface area contributed by atoms with Gasteiger partial charge in [-0.1, -0.05) is 55.4 Å². The summed E-state index contributed by atoms with van der Waals surface area (Å²) in [6, 6.07) is 0. The molecule has 6 nitrogen and oxygen atoms in total. The fraction of sp³-hybridized carbons (Fsp3) is 0.800. The molecular formula is C10H28O6. The van der Waals surface area contributed by atoms with Crippen LogP contribution in [-0.2, 0) is 0 Å². The lowest BCUT2D eigenvalue weighted by molar-refractivity contribution is 0.135. The zero-order valence-electron chi connectivity index (χ0n) is 10.3. The number of rotatable bonds is 0. The molecule has 0 radical (unpaired) electrons. The van der Waals surface area contributed by atoms with Crippen molar-refractivity contribution in [2.45, 2.75) is 55.4 Å². The minimum Gasteiger partial charge on any atom is -0.450 e. The number of carboxylic acid groups (broad SMARTS) is 4. The van der Waals surface area contributed by atoms with Gasteiger partial charge in [0.1, 0.15) is 0 Å². The maximum atomic E-state index is 8.56. The van der Waals surface area contributed by atoms with Gasteiger partial charge in [0.2, 0.25) is 0 Å². The Morgan fingerprint density at radius 3 is 0.750 bits per heavy atom. The predicted octanol–water partition coefficient (Wildman–Crippen LogP) is 4.55. The van der Waals surface area contributed by atoms with E-state index in [1.165, 1.54) is 6.42 Å². The van der Waals surface area contributed by atoms with Crippen LogP contribution in [0.4, 0.5) is 9.59 Å². The van der Waals surface area contributed by atoms with E-state index in [2.05, 4.69) is 13.8 Å². The molecule has 0 aliphatic heterocycles. The molecule has 104 valence electrons. The molecule has 0 aromatic carbocycles. The highest BCUT2D eigenvalue weighted by molar-refractivity contribution is 5.53. The molecular weight excluding hydrogens is 216 g/mol. The standard InChI is InChI=1S/C3H8.2C2H6.2CH2O3.CH4/c1-3-2;2*1-2;2*2-1(3)4;/h3H2,1-2H3;2*1-2H3;2*(H2,2,3,4);1H4. The third-order valence-corrected chi connectivity index (χ3v) is 0. The summed E-state index contributed by atoms with van der Waals surface area (Å²) in [6.45, 7) is 12.2. The van der Waals surface area contributed by atoms with Crippen LogP contribution in [-0.4, -0.2) is 32.7 Å². The fourth-order valence-electron chi connectivity index (χ4n) is 0. The first-order valence-corrected chi connectivity index (χ1v) is 4.72. The maximum Gasteiger partial charge on any atom is 0.503 e. The van der Waals surface area contributed by atoms with Crippen molar-refractivity contribution in [3.8, 4) is 0 Å². The summed E-state index contributed by atoms with van der Waals surface area (Å²) >= 11 is 0. The molecule has 0 heterocycles. The fourth-order valence-corrected chi connectivity index (χ4v) is 0. The van der Waals surface area contributed by atoms with Crippen molar-refractivity contribution in [1.82, 2.24) is 0 Å². The smallest absolute Gasteiger partial charge is 0.450 e. The van der Waals surface area contributed by atoms with Gasteiger partial charge in [0, 0.05) is 0 Å². The Balaban J connectivity index is -0.0000000199. The summed E-state index contributed by atoms with van der Waals surface area (Å²) < 4.78 is 0. The lowest BCUT2D eigenvalue weighted by Crippen LogP contribution is -1.81. The van der Waals surface area contributed by atoms with Crippen LogP contribution in [0.3, 0.4) is 0 Å². The number of carbonyl (C=O) groups is 2. The van der Waals surface area contributed by atoms with Crippen molar-refractivity contribution in [2.24, 2.45) is 0 Å². The zero-order chi connectivity index (χ0) is 13.9. The Morgan fingerprint density at radius 2 is 0.750 bits per heavy atom. The van der Waals surface area contributed by atoms with Gasteiger partial charge < -0.3 is 20.4 Å². The van der Waals surface area contributed by atoms with Crippen molar-refractivity contribution in [1.29, 1.82) is 0 Å². The molecule has 0 aliphatic carbocycles. The second-order valence-corrected chi connectivity index (χ2v) is 1.27. The molecule has 0 aromatic rings. The first-order valence-electron chi connectivity index (χ1n) is 4.72. The predicted molar refractivity (Wildman–Crippen MR) is 66.7 cm³/mol. The molecule has 4 N–H and O–H groups in total. The summed E-state index contributed by atoms with van der Waals surface area (Å²) in [5.41, 5.74) is 0. The summed E-state index contributed by atoms with van der Waals surface area (Å²) in [4.78, 5) is 17.1. The summed E-state index contributed by atoms with van der Waals surface area (Å²) in [6.07, 6.45) is -2.42. The molecule has 0 spiro atoms. The van der Waals surface area contributed by atoms with Crippen LogP contribution >= 0.6 is 0 Å². The van der Waals surface area contributed by atoms with E-state index in [0.717, 1.165) is 0 Å². The summed E-state index contributed by atoms with van der Waals surface area (Å²) in [5, 5.41) is 27.9. The largest absolute Gasteiger partial charge is 0.503 e. The molecule has 16 heavy (non-hydrogen) atoms. The minimum absolute atomic E-state index is 0. The Morgan fingerprint density at radius 1 is 0.750 bits per heavy atom. The van der Waals surface area contributed by atoms with Gasteiger partial charge in [0.15, 0.2) is 0 Å². The van der Waals surface area contributed by atoms with Crippen LogP contribution in [0.5, 0.6) is 0 Å². The molecule has 0 aromatic heterocycles. The van der Waals surface area contributed by atoms with Gasteiger partial charge >= 0.3 is 12.3 Å². The van der Waals surface area contributed by atoms with Crippen LogP contribution in [0.1, 0.15) is 55.4 Å². The molecule has 0 saturated heterocycles. The van der Waals surface area contributed by atoms with Crippen molar-refractivity contribution in [2.75, 3.05) is 0 Å². The highest BCUT2D eigenvalue weighted by Crippen LogP contribution is 1.56. The quantitative estimate of drug-likeness (QED) is 0.497. The van der Waals surface area contributed by atoms with E-state index in [1.807, 2.05) is 27.7 Å². The first kappa shape index (κ1) is 36.5. The van der Waals surface area contributed by atoms with Crippen molar-refractivity contribution >= 4 is 12.3 Å². The van der Waals surface area contributed by atoms with Crippen molar-refractivity contribution in [3.05, 3.63) is 0 Å². The average molecular weight is 244 g/mol.